The van der Waals surface area contributed by atoms with Crippen molar-refractivity contribution in [3.63, 3.8) is 0 Å². The third-order valence-corrected chi connectivity index (χ3v) is 4.56. The molecule has 0 aliphatic heterocycles. The minimum absolute atomic E-state index is 0.0283. The molecule has 210 valence electrons. The van der Waals surface area contributed by atoms with Gasteiger partial charge in [0.25, 0.3) is 0 Å². The molecule has 0 aliphatic carbocycles. The van der Waals surface area contributed by atoms with Crippen LogP contribution in [0.2, 0.25) is 5.02 Å². The molecule has 1 aromatic heterocycles. The van der Waals surface area contributed by atoms with Crippen molar-refractivity contribution in [2.45, 2.75) is 12.4 Å². The molecule has 2 aromatic carbocycles. The van der Waals surface area contributed by atoms with Gasteiger partial charge in [-0.15, -0.1) is 0 Å². The number of carbonyl (C=O) groups is 2. The van der Waals surface area contributed by atoms with Gasteiger partial charge in [0.1, 0.15) is 12.1 Å². The Morgan fingerprint density at radius 2 is 1.62 bits per heavy atom. The second-order valence-electron chi connectivity index (χ2n) is 7.04. The van der Waals surface area contributed by atoms with E-state index in [0.29, 0.717) is 5.82 Å². The van der Waals surface area contributed by atoms with Gasteiger partial charge in [-0.25, -0.2) is 19.6 Å². The van der Waals surface area contributed by atoms with Crippen molar-refractivity contribution in [3.05, 3.63) is 59.4 Å². The lowest BCUT2D eigenvalue weighted by Gasteiger charge is -2.15. The molecule has 0 saturated heterocycles. The Morgan fingerprint density at radius 1 is 0.974 bits per heavy atom. The molecule has 0 radical (unpaired) electrons. The summed E-state index contributed by atoms with van der Waals surface area (Å²) in [5.41, 5.74) is -0.686. The van der Waals surface area contributed by atoms with Gasteiger partial charge in [-0.3, -0.25) is 0 Å². The van der Waals surface area contributed by atoms with Crippen LogP contribution in [0.3, 0.4) is 0 Å². The van der Waals surface area contributed by atoms with Gasteiger partial charge in [-0.1, -0.05) is 17.7 Å². The molecule has 0 aliphatic rings. The number of aromatic nitrogens is 2. The van der Waals surface area contributed by atoms with Crippen LogP contribution in [0.1, 0.15) is 5.56 Å². The van der Waals surface area contributed by atoms with Crippen molar-refractivity contribution in [2.24, 2.45) is 0 Å². The lowest BCUT2D eigenvalue weighted by Crippen LogP contribution is -2.21. The number of carbonyl (C=O) groups excluding carboxylic acids is 1. The highest BCUT2D eigenvalue weighted by atomic mass is 35.5. The van der Waals surface area contributed by atoms with Crippen molar-refractivity contribution in [1.29, 1.82) is 0 Å². The van der Waals surface area contributed by atoms with E-state index in [2.05, 4.69) is 25.9 Å². The van der Waals surface area contributed by atoms with Crippen LogP contribution in [0.4, 0.5) is 48.3 Å². The van der Waals surface area contributed by atoms with Crippen LogP contribution >= 0.6 is 11.6 Å². The number of halogens is 7. The fourth-order valence-corrected chi connectivity index (χ4v) is 2.84. The molecule has 3 rings (SSSR count). The van der Waals surface area contributed by atoms with Crippen LogP contribution in [0.5, 0.6) is 17.4 Å². The summed E-state index contributed by atoms with van der Waals surface area (Å²) in [6, 6.07) is 7.86. The van der Waals surface area contributed by atoms with Gasteiger partial charge >= 0.3 is 24.4 Å². The molecule has 39 heavy (non-hydrogen) atoms. The molecule has 0 atom stereocenters. The summed E-state index contributed by atoms with van der Waals surface area (Å²) in [6.45, 7) is 0. The summed E-state index contributed by atoms with van der Waals surface area (Å²) in [5, 5.41) is 14.9. The molecule has 0 unspecified atom stereocenters. The van der Waals surface area contributed by atoms with E-state index >= 15 is 0 Å². The first-order chi connectivity index (χ1) is 18.1. The molecule has 0 saturated carbocycles. The molecule has 17 heteroatoms. The number of nitrogens with zero attached hydrogens (tertiary/aromatic N) is 2. The van der Waals surface area contributed by atoms with E-state index in [4.69, 9.17) is 31.0 Å². The zero-order valence-electron chi connectivity index (χ0n) is 19.7. The molecule has 4 N–H and O–H groups in total. The maximum atomic E-state index is 12.8. The number of hydrogen-bond donors (Lipinski definition) is 4. The lowest BCUT2D eigenvalue weighted by molar-refractivity contribution is -0.192. The van der Waals surface area contributed by atoms with E-state index in [1.807, 2.05) is 0 Å². The Hall–Kier alpha value is -4.47. The molecular weight excluding hydrogens is 564 g/mol. The van der Waals surface area contributed by atoms with E-state index in [0.717, 1.165) is 12.1 Å². The van der Waals surface area contributed by atoms with Gasteiger partial charge in [0, 0.05) is 30.6 Å². The fraction of sp³-hybridized carbons (Fsp3) is 0.182. The minimum atomic E-state index is -5.08. The van der Waals surface area contributed by atoms with Crippen LogP contribution in [0, 0.1) is 0 Å². The van der Waals surface area contributed by atoms with Crippen molar-refractivity contribution in [2.75, 3.05) is 30.1 Å². The van der Waals surface area contributed by atoms with E-state index < -0.39 is 29.9 Å². The van der Waals surface area contributed by atoms with Crippen LogP contribution in [-0.4, -0.2) is 47.4 Å². The second kappa shape index (κ2) is 12.9. The van der Waals surface area contributed by atoms with Gasteiger partial charge in [0.15, 0.2) is 11.5 Å². The van der Waals surface area contributed by atoms with Gasteiger partial charge in [-0.2, -0.15) is 26.3 Å². The Morgan fingerprint density at radius 3 is 2.18 bits per heavy atom. The number of methoxy groups -OCH3 is 1. The number of carboxylic acid groups (broad SMARTS) is 1. The summed E-state index contributed by atoms with van der Waals surface area (Å²) in [7, 11) is 3.06. The number of urea groups is 1. The molecule has 1 heterocycles. The molecular formula is C22H18ClF6N5O5. The van der Waals surface area contributed by atoms with Crippen molar-refractivity contribution >= 4 is 40.8 Å². The van der Waals surface area contributed by atoms with E-state index in [1.165, 1.54) is 37.7 Å². The highest BCUT2D eigenvalue weighted by Gasteiger charge is 2.38. The molecule has 0 bridgehead atoms. The summed E-state index contributed by atoms with van der Waals surface area (Å²) >= 11 is 6.29. The monoisotopic (exact) mass is 581 g/mol. The third-order valence-electron chi connectivity index (χ3n) is 4.28. The average molecular weight is 582 g/mol. The standard InChI is InChI=1S/C20H17ClF3N5O3.C2HF3O2/c1-25-16-9-17(27-10-26-16)32-18-14(21)7-13(8-15(18)31-2)29-19(30)28-12-5-3-4-11(6-12)20(22,23)24;3-2(4,5)1(6)7/h3-10H,1-2H3,(H,25,26,27)(H2,28,29,30);(H,6,7). The van der Waals surface area contributed by atoms with Crippen molar-refractivity contribution in [3.8, 4) is 17.4 Å². The smallest absolute Gasteiger partial charge is 0.490 e. The summed E-state index contributed by atoms with van der Waals surface area (Å²) < 4.78 is 81.2. The summed E-state index contributed by atoms with van der Waals surface area (Å²) in [6.07, 6.45) is -8.31. The third kappa shape index (κ3) is 9.41. The molecule has 3 aromatic rings. The highest BCUT2D eigenvalue weighted by molar-refractivity contribution is 6.32. The number of anilines is 3. The van der Waals surface area contributed by atoms with Gasteiger partial charge in [0.05, 0.1) is 17.7 Å². The second-order valence-corrected chi connectivity index (χ2v) is 7.45. The van der Waals surface area contributed by atoms with Crippen molar-refractivity contribution < 1.29 is 50.5 Å². The SMILES string of the molecule is CNc1cc(Oc2c(Cl)cc(NC(=O)Nc3cccc(C(F)(F)F)c3)cc2OC)ncn1.O=C(O)C(F)(F)F. The Labute approximate surface area is 220 Å². The predicted molar refractivity (Wildman–Crippen MR) is 127 cm³/mol. The van der Waals surface area contributed by atoms with E-state index in [-0.39, 0.29) is 33.8 Å². The highest BCUT2D eigenvalue weighted by Crippen LogP contribution is 2.40. The van der Waals surface area contributed by atoms with E-state index in [9.17, 15) is 31.1 Å². The Balaban J connectivity index is 0.000000673. The Kier molecular flexibility index (Phi) is 10.1. The molecule has 10 nitrogen and oxygen atoms in total. The summed E-state index contributed by atoms with van der Waals surface area (Å²) in [5.74, 6) is -1.69. The molecule has 0 spiro atoms. The lowest BCUT2D eigenvalue weighted by atomic mass is 10.2. The summed E-state index contributed by atoms with van der Waals surface area (Å²) in [4.78, 5) is 29.1. The van der Waals surface area contributed by atoms with Crippen LogP contribution in [-0.2, 0) is 11.0 Å². The largest absolute Gasteiger partial charge is 0.493 e. The van der Waals surface area contributed by atoms with Crippen LogP contribution < -0.4 is 25.4 Å². The zero-order valence-corrected chi connectivity index (χ0v) is 20.5. The van der Waals surface area contributed by atoms with Crippen LogP contribution in [0.15, 0.2) is 48.8 Å². The van der Waals surface area contributed by atoms with Gasteiger partial charge in [0.2, 0.25) is 5.88 Å². The minimum Gasteiger partial charge on any atom is -0.493 e. The molecule has 0 fully saturated rings. The normalized spacial score (nSPS) is 11.0. The number of alkyl halides is 6. The number of nitrogens with one attached hydrogen (secondary N) is 3. The first-order valence-corrected chi connectivity index (χ1v) is 10.6. The van der Waals surface area contributed by atoms with Gasteiger partial charge < -0.3 is 30.5 Å². The number of amides is 2. The maximum Gasteiger partial charge on any atom is 0.490 e. The topological polar surface area (TPSA) is 135 Å². The quantitative estimate of drug-likeness (QED) is 0.250. The fourth-order valence-electron chi connectivity index (χ4n) is 2.59. The zero-order chi connectivity index (χ0) is 29.4. The van der Waals surface area contributed by atoms with E-state index in [1.54, 1.807) is 13.1 Å². The maximum absolute atomic E-state index is 12.8. The first-order valence-electron chi connectivity index (χ1n) is 10.2. The average Bonchev–Trinajstić information content (AvgIpc) is 2.85. The molecule has 2 amide bonds. The number of aliphatic carboxylic acids is 1. The number of benzene rings is 2. The number of carboxylic acids is 1. The number of ether oxygens (including phenoxy) is 2. The number of rotatable bonds is 6. The number of hydrogen-bond acceptors (Lipinski definition) is 7. The first kappa shape index (κ1) is 30.8. The Bertz CT molecular complexity index is 1320. The van der Waals surface area contributed by atoms with Gasteiger partial charge in [-0.05, 0) is 24.3 Å². The van der Waals surface area contributed by atoms with Crippen molar-refractivity contribution in [1.82, 2.24) is 9.97 Å². The van der Waals surface area contributed by atoms with Crippen LogP contribution in [0.25, 0.3) is 0 Å². The predicted octanol–water partition coefficient (Wildman–Crippen LogP) is 6.27.